The Balaban J connectivity index is 1.36. The van der Waals surface area contributed by atoms with Crippen LogP contribution in [0.1, 0.15) is 44.5 Å². The van der Waals surface area contributed by atoms with Crippen LogP contribution in [0.25, 0.3) is 16.7 Å². The second-order valence-electron chi connectivity index (χ2n) is 13.2. The Morgan fingerprint density at radius 3 is 1.53 bits per heavy atom. The Hall–Kier alpha value is -6.44. The van der Waals surface area contributed by atoms with Crippen LogP contribution < -0.4 is 4.74 Å². The maximum absolute atomic E-state index is 6.97. The first-order valence-corrected chi connectivity index (χ1v) is 17.6. The smallest absolute Gasteiger partial charge is 0.132 e. The summed E-state index contributed by atoms with van der Waals surface area (Å²) in [6, 6.07) is 65.8. The zero-order chi connectivity index (χ0) is 34.3. The van der Waals surface area contributed by atoms with E-state index in [1.807, 2.05) is 12.2 Å². The monoisotopic (exact) mass is 652 g/mol. The van der Waals surface area contributed by atoms with Crippen molar-refractivity contribution in [3.8, 4) is 22.6 Å². The molecule has 0 radical (unpaired) electrons. The molecule has 7 aromatic rings. The van der Waals surface area contributed by atoms with Gasteiger partial charge in [-0.25, -0.2) is 0 Å². The Morgan fingerprint density at radius 1 is 0.451 bits per heavy atom. The van der Waals surface area contributed by atoms with E-state index in [0.717, 1.165) is 28.2 Å². The molecule has 0 atom stereocenters. The van der Waals surface area contributed by atoms with Crippen LogP contribution in [0, 0.1) is 0 Å². The average molecular weight is 653 g/mol. The van der Waals surface area contributed by atoms with E-state index in [1.165, 1.54) is 44.5 Å². The summed E-state index contributed by atoms with van der Waals surface area (Å²) in [7, 11) is 0. The molecule has 1 heteroatoms. The number of allylic oxidation sites excluding steroid dienone is 5. The molecule has 9 rings (SSSR count). The van der Waals surface area contributed by atoms with Gasteiger partial charge in [0.25, 0.3) is 0 Å². The Bertz CT molecular complexity index is 2370. The summed E-state index contributed by atoms with van der Waals surface area (Å²) in [4.78, 5) is 0. The first kappa shape index (κ1) is 30.6. The van der Waals surface area contributed by atoms with Gasteiger partial charge < -0.3 is 4.74 Å². The Kier molecular flexibility index (Phi) is 7.48. The number of hydrogen-bond acceptors (Lipinski definition) is 1. The van der Waals surface area contributed by atoms with E-state index in [2.05, 4.69) is 201 Å². The lowest BCUT2D eigenvalue weighted by Gasteiger charge is -2.42. The number of fused-ring (bicyclic) bond motifs is 5. The van der Waals surface area contributed by atoms with Crippen molar-refractivity contribution in [1.82, 2.24) is 0 Å². The molecule has 0 bridgehead atoms. The summed E-state index contributed by atoms with van der Waals surface area (Å²) in [5, 5.41) is 0. The molecule has 1 aliphatic heterocycles. The van der Waals surface area contributed by atoms with Crippen LogP contribution in [0.3, 0.4) is 0 Å². The summed E-state index contributed by atoms with van der Waals surface area (Å²) in [5.41, 5.74) is 12.0. The molecule has 0 spiro atoms. The number of ether oxygens (including phenoxy) is 1. The van der Waals surface area contributed by atoms with Gasteiger partial charge >= 0.3 is 0 Å². The Labute approximate surface area is 300 Å². The van der Waals surface area contributed by atoms with E-state index in [-0.39, 0.29) is 0 Å². The maximum Gasteiger partial charge on any atom is 0.132 e. The Morgan fingerprint density at radius 2 is 0.941 bits per heavy atom. The molecule has 7 aromatic carbocycles. The van der Waals surface area contributed by atoms with Crippen molar-refractivity contribution < 1.29 is 4.74 Å². The van der Waals surface area contributed by atoms with E-state index in [4.69, 9.17) is 4.74 Å². The van der Waals surface area contributed by atoms with E-state index in [0.29, 0.717) is 0 Å². The van der Waals surface area contributed by atoms with Gasteiger partial charge in [-0.3, -0.25) is 0 Å². The molecule has 1 aliphatic carbocycles. The highest BCUT2D eigenvalue weighted by molar-refractivity contribution is 5.96. The molecule has 0 fully saturated rings. The van der Waals surface area contributed by atoms with E-state index >= 15 is 0 Å². The van der Waals surface area contributed by atoms with Crippen molar-refractivity contribution in [2.45, 2.75) is 10.8 Å². The number of rotatable bonds is 7. The summed E-state index contributed by atoms with van der Waals surface area (Å²) in [6.45, 7) is 3.99. The van der Waals surface area contributed by atoms with E-state index in [1.54, 1.807) is 0 Å². The molecule has 0 aromatic heterocycles. The van der Waals surface area contributed by atoms with Crippen LogP contribution in [0.4, 0.5) is 0 Å². The van der Waals surface area contributed by atoms with Crippen molar-refractivity contribution >= 4 is 5.57 Å². The van der Waals surface area contributed by atoms with Crippen LogP contribution in [-0.4, -0.2) is 0 Å². The SMILES string of the molecule is C=C/C=C\C=C(/c1ccc2c(c1)Oc1ccccc1C2(c1ccccc1)c1ccccc1)C1(c2ccccc2)c2ccccc2-c2ccccc21. The predicted molar refractivity (Wildman–Crippen MR) is 210 cm³/mol. The van der Waals surface area contributed by atoms with Gasteiger partial charge in [-0.1, -0.05) is 201 Å². The molecule has 51 heavy (non-hydrogen) atoms. The van der Waals surface area contributed by atoms with Gasteiger partial charge in [0.15, 0.2) is 0 Å². The molecule has 0 unspecified atom stereocenters. The lowest BCUT2D eigenvalue weighted by atomic mass is 9.62. The van der Waals surface area contributed by atoms with Gasteiger partial charge in [0, 0.05) is 11.1 Å². The van der Waals surface area contributed by atoms with Gasteiger partial charge in [0.2, 0.25) is 0 Å². The lowest BCUT2D eigenvalue weighted by molar-refractivity contribution is 0.434. The number of hydrogen-bond donors (Lipinski definition) is 0. The van der Waals surface area contributed by atoms with Crippen molar-refractivity contribution in [3.05, 3.63) is 257 Å². The van der Waals surface area contributed by atoms with Gasteiger partial charge in [0.1, 0.15) is 11.5 Å². The zero-order valence-corrected chi connectivity index (χ0v) is 28.2. The third-order valence-electron chi connectivity index (χ3n) is 10.7. The largest absolute Gasteiger partial charge is 0.457 e. The normalized spacial score (nSPS) is 14.9. The van der Waals surface area contributed by atoms with Crippen LogP contribution in [0.2, 0.25) is 0 Å². The van der Waals surface area contributed by atoms with Crippen LogP contribution in [0.15, 0.2) is 213 Å². The quantitative estimate of drug-likeness (QED) is 0.156. The fourth-order valence-corrected chi connectivity index (χ4v) is 8.73. The van der Waals surface area contributed by atoms with Gasteiger partial charge in [-0.15, -0.1) is 0 Å². The van der Waals surface area contributed by atoms with Crippen molar-refractivity contribution in [1.29, 1.82) is 0 Å². The van der Waals surface area contributed by atoms with Gasteiger partial charge in [-0.05, 0) is 62.2 Å². The molecule has 1 nitrogen and oxygen atoms in total. The standard InChI is InChI=1S/C50H36O/c1-2-3-7-28-42(50(39-24-12-6-13-25-39)43-29-16-14-26-40(43)41-27-15-17-30-44(41)50)36-33-34-46-48(35-36)51-47-32-19-18-31-45(47)49(46,37-20-8-4-9-21-37)38-22-10-5-11-23-38/h2-35H,1H2/b7-3-,42-28+. The molecule has 1 heterocycles. The van der Waals surface area contributed by atoms with Crippen LogP contribution >= 0.6 is 0 Å². The molecular formula is C50H36O. The average Bonchev–Trinajstić information content (AvgIpc) is 3.50. The first-order chi connectivity index (χ1) is 25.3. The topological polar surface area (TPSA) is 9.23 Å². The number of para-hydroxylation sites is 1. The minimum Gasteiger partial charge on any atom is -0.457 e. The molecule has 0 saturated carbocycles. The van der Waals surface area contributed by atoms with Crippen LogP contribution in [0.5, 0.6) is 11.5 Å². The second-order valence-corrected chi connectivity index (χ2v) is 13.2. The first-order valence-electron chi connectivity index (χ1n) is 17.6. The molecule has 2 aliphatic rings. The summed E-state index contributed by atoms with van der Waals surface area (Å²) < 4.78 is 6.97. The van der Waals surface area contributed by atoms with Crippen molar-refractivity contribution in [3.63, 3.8) is 0 Å². The predicted octanol–water partition coefficient (Wildman–Crippen LogP) is 12.3. The van der Waals surface area contributed by atoms with Crippen LogP contribution in [-0.2, 0) is 10.8 Å². The third kappa shape index (κ3) is 4.55. The molecule has 0 N–H and O–H groups in total. The minimum atomic E-state index is -0.587. The molecule has 0 saturated heterocycles. The summed E-state index contributed by atoms with van der Waals surface area (Å²) in [5.74, 6) is 1.71. The highest BCUT2D eigenvalue weighted by Crippen LogP contribution is 2.60. The molecular weight excluding hydrogens is 617 g/mol. The highest BCUT2D eigenvalue weighted by Gasteiger charge is 2.49. The summed E-state index contributed by atoms with van der Waals surface area (Å²) >= 11 is 0. The van der Waals surface area contributed by atoms with E-state index < -0.39 is 10.8 Å². The van der Waals surface area contributed by atoms with Crippen molar-refractivity contribution in [2.24, 2.45) is 0 Å². The third-order valence-corrected chi connectivity index (χ3v) is 10.7. The fraction of sp³-hybridized carbons (Fsp3) is 0.0400. The van der Waals surface area contributed by atoms with E-state index in [9.17, 15) is 0 Å². The number of benzene rings is 7. The van der Waals surface area contributed by atoms with Crippen molar-refractivity contribution in [2.75, 3.05) is 0 Å². The second kappa shape index (κ2) is 12.5. The molecule has 0 amide bonds. The molecule has 242 valence electrons. The maximum atomic E-state index is 6.97. The lowest BCUT2D eigenvalue weighted by Crippen LogP contribution is -2.34. The van der Waals surface area contributed by atoms with Gasteiger partial charge in [-0.2, -0.15) is 0 Å². The zero-order valence-electron chi connectivity index (χ0n) is 28.2. The summed E-state index contributed by atoms with van der Waals surface area (Å²) in [6.07, 6.45) is 8.23. The highest BCUT2D eigenvalue weighted by atomic mass is 16.5. The van der Waals surface area contributed by atoms with Gasteiger partial charge in [0.05, 0.1) is 10.8 Å². The fourth-order valence-electron chi connectivity index (χ4n) is 8.73. The minimum absolute atomic E-state index is 0.582.